The van der Waals surface area contributed by atoms with Crippen LogP contribution in [0.2, 0.25) is 0 Å². The Kier molecular flexibility index (Phi) is 4.43. The van der Waals surface area contributed by atoms with E-state index in [9.17, 15) is 5.11 Å². The maximum absolute atomic E-state index is 10.8. The molecule has 0 saturated heterocycles. The number of aryl methyl sites for hydroxylation is 2. The quantitative estimate of drug-likeness (QED) is 0.753. The number of rotatable bonds is 3. The third kappa shape index (κ3) is 3.03. The summed E-state index contributed by atoms with van der Waals surface area (Å²) in [5, 5.41) is 21.9. The highest BCUT2D eigenvalue weighted by molar-refractivity contribution is 5.62. The van der Waals surface area contributed by atoms with Crippen LogP contribution in [-0.2, 0) is 5.41 Å². The molecule has 0 amide bonds. The Hall–Kier alpha value is -1.92. The van der Waals surface area contributed by atoms with E-state index in [0.29, 0.717) is 18.0 Å². The highest BCUT2D eigenvalue weighted by atomic mass is 16.5. The Morgan fingerprint density at radius 1 is 1.14 bits per heavy atom. The molecule has 2 aliphatic carbocycles. The number of aliphatic hydroxyl groups is 1. The number of hydrogen-bond acceptors (Lipinski definition) is 6. The predicted molar refractivity (Wildman–Crippen MR) is 107 cm³/mol. The van der Waals surface area contributed by atoms with Gasteiger partial charge in [0, 0.05) is 29.1 Å². The van der Waals surface area contributed by atoms with Crippen LogP contribution in [-0.4, -0.2) is 33.6 Å². The van der Waals surface area contributed by atoms with Crippen molar-refractivity contribution in [3.63, 3.8) is 0 Å². The SMILES string of the molecule is Cc1ccc2c(c1)NC(O)C21CCC(N[C@@H]2CC[C@H](c3nc(C)no3)C2)CC1. The van der Waals surface area contributed by atoms with Gasteiger partial charge in [0.1, 0.15) is 6.23 Å². The van der Waals surface area contributed by atoms with Crippen molar-refractivity contribution in [3.8, 4) is 0 Å². The molecule has 2 fully saturated rings. The topological polar surface area (TPSA) is 83.2 Å². The first-order chi connectivity index (χ1) is 13.5. The van der Waals surface area contributed by atoms with Gasteiger partial charge in [-0.2, -0.15) is 4.98 Å². The van der Waals surface area contributed by atoms with Crippen LogP contribution < -0.4 is 10.6 Å². The summed E-state index contributed by atoms with van der Waals surface area (Å²) >= 11 is 0. The molecule has 2 heterocycles. The summed E-state index contributed by atoms with van der Waals surface area (Å²) in [5.74, 6) is 1.92. The molecule has 1 spiro atoms. The molecule has 0 radical (unpaired) electrons. The number of aromatic nitrogens is 2. The second-order valence-corrected chi connectivity index (χ2v) is 9.08. The highest BCUT2D eigenvalue weighted by Crippen LogP contribution is 2.49. The lowest BCUT2D eigenvalue weighted by Gasteiger charge is -2.40. The molecule has 2 saturated carbocycles. The molecule has 28 heavy (non-hydrogen) atoms. The number of hydrogen-bond donors (Lipinski definition) is 3. The van der Waals surface area contributed by atoms with E-state index in [1.807, 2.05) is 6.92 Å². The molecular formula is C22H30N4O2. The number of nitrogens with one attached hydrogen (secondary N) is 2. The van der Waals surface area contributed by atoms with E-state index in [0.717, 1.165) is 55.9 Å². The van der Waals surface area contributed by atoms with Crippen molar-refractivity contribution in [2.24, 2.45) is 0 Å². The summed E-state index contributed by atoms with van der Waals surface area (Å²) in [4.78, 5) is 4.42. The maximum Gasteiger partial charge on any atom is 0.229 e. The summed E-state index contributed by atoms with van der Waals surface area (Å²) in [5.41, 5.74) is 3.53. The number of benzene rings is 1. The first-order valence-electron chi connectivity index (χ1n) is 10.7. The van der Waals surface area contributed by atoms with Crippen molar-refractivity contribution < 1.29 is 9.63 Å². The Labute approximate surface area is 166 Å². The van der Waals surface area contributed by atoms with Crippen LogP contribution in [0.3, 0.4) is 0 Å². The third-order valence-corrected chi connectivity index (χ3v) is 7.20. The van der Waals surface area contributed by atoms with E-state index in [4.69, 9.17) is 4.52 Å². The van der Waals surface area contributed by atoms with Crippen LogP contribution in [0.25, 0.3) is 0 Å². The van der Waals surface area contributed by atoms with E-state index < -0.39 is 6.23 Å². The van der Waals surface area contributed by atoms with Gasteiger partial charge in [-0.3, -0.25) is 0 Å². The Morgan fingerprint density at radius 2 is 1.96 bits per heavy atom. The molecule has 3 aliphatic rings. The minimum absolute atomic E-state index is 0.124. The van der Waals surface area contributed by atoms with Crippen molar-refractivity contribution in [1.29, 1.82) is 0 Å². The van der Waals surface area contributed by atoms with Crippen molar-refractivity contribution in [3.05, 3.63) is 41.0 Å². The first kappa shape index (κ1) is 18.1. The first-order valence-corrected chi connectivity index (χ1v) is 10.7. The summed E-state index contributed by atoms with van der Waals surface area (Å²) < 4.78 is 5.38. The molecule has 0 bridgehead atoms. The van der Waals surface area contributed by atoms with Gasteiger partial charge in [-0.25, -0.2) is 0 Å². The molecule has 3 atom stereocenters. The lowest BCUT2D eigenvalue weighted by atomic mass is 9.68. The second kappa shape index (κ2) is 6.85. The lowest BCUT2D eigenvalue weighted by Crippen LogP contribution is -2.47. The zero-order valence-corrected chi connectivity index (χ0v) is 16.7. The van der Waals surface area contributed by atoms with E-state index in [2.05, 4.69) is 45.9 Å². The fourth-order valence-corrected chi connectivity index (χ4v) is 5.66. The van der Waals surface area contributed by atoms with Gasteiger partial charge in [0.15, 0.2) is 5.82 Å². The minimum Gasteiger partial charge on any atom is -0.373 e. The normalized spacial score (nSPS) is 34.5. The van der Waals surface area contributed by atoms with Crippen LogP contribution in [0.4, 0.5) is 5.69 Å². The van der Waals surface area contributed by atoms with Gasteiger partial charge in [0.05, 0.1) is 0 Å². The Balaban J connectivity index is 1.20. The standard InChI is InChI=1S/C22H30N4O2/c1-13-3-6-18-19(11-13)25-21(27)22(18)9-7-16(8-10-22)24-17-5-4-15(12-17)20-23-14(2)26-28-20/h3,6,11,15-17,21,24-25,27H,4-5,7-10,12H2,1-2H3/t15-,16?,17+,21?,22?/m0/s1. The molecule has 1 aromatic heterocycles. The summed E-state index contributed by atoms with van der Waals surface area (Å²) in [6.45, 7) is 3.98. The molecule has 5 rings (SSSR count). The van der Waals surface area contributed by atoms with Gasteiger partial charge in [0.25, 0.3) is 0 Å². The van der Waals surface area contributed by atoms with Crippen molar-refractivity contribution in [1.82, 2.24) is 15.5 Å². The van der Waals surface area contributed by atoms with Gasteiger partial charge < -0.3 is 20.3 Å². The van der Waals surface area contributed by atoms with Crippen LogP contribution in [0, 0.1) is 13.8 Å². The molecule has 6 nitrogen and oxygen atoms in total. The predicted octanol–water partition coefficient (Wildman–Crippen LogP) is 3.54. The van der Waals surface area contributed by atoms with Gasteiger partial charge in [-0.1, -0.05) is 17.3 Å². The smallest absolute Gasteiger partial charge is 0.229 e. The van der Waals surface area contributed by atoms with Crippen LogP contribution >= 0.6 is 0 Å². The van der Waals surface area contributed by atoms with Gasteiger partial charge in [-0.15, -0.1) is 0 Å². The zero-order chi connectivity index (χ0) is 19.3. The molecule has 2 aromatic rings. The molecule has 1 unspecified atom stereocenters. The Bertz CT molecular complexity index is 856. The van der Waals surface area contributed by atoms with Crippen LogP contribution in [0.5, 0.6) is 0 Å². The van der Waals surface area contributed by atoms with Crippen LogP contribution in [0.1, 0.15) is 73.7 Å². The number of fused-ring (bicyclic) bond motifs is 2. The molecule has 3 N–H and O–H groups in total. The van der Waals surface area contributed by atoms with Crippen molar-refractivity contribution in [2.45, 2.75) is 88.4 Å². The largest absolute Gasteiger partial charge is 0.373 e. The molecular weight excluding hydrogens is 352 g/mol. The minimum atomic E-state index is -0.470. The monoisotopic (exact) mass is 382 g/mol. The molecule has 150 valence electrons. The zero-order valence-electron chi connectivity index (χ0n) is 16.7. The average molecular weight is 383 g/mol. The number of anilines is 1. The fraction of sp³-hybridized carbons (Fsp3) is 0.636. The Morgan fingerprint density at radius 3 is 2.71 bits per heavy atom. The van der Waals surface area contributed by atoms with E-state index >= 15 is 0 Å². The van der Waals surface area contributed by atoms with Crippen molar-refractivity contribution in [2.75, 3.05) is 5.32 Å². The average Bonchev–Trinajstić information content (AvgIpc) is 3.37. The highest BCUT2D eigenvalue weighted by Gasteiger charge is 2.48. The summed E-state index contributed by atoms with van der Waals surface area (Å²) in [6, 6.07) is 7.60. The summed E-state index contributed by atoms with van der Waals surface area (Å²) in [7, 11) is 0. The maximum atomic E-state index is 10.8. The second-order valence-electron chi connectivity index (χ2n) is 9.08. The lowest BCUT2D eigenvalue weighted by molar-refractivity contribution is 0.0774. The van der Waals surface area contributed by atoms with Crippen molar-refractivity contribution >= 4 is 5.69 Å². The third-order valence-electron chi connectivity index (χ3n) is 7.20. The van der Waals surface area contributed by atoms with E-state index in [1.165, 1.54) is 17.5 Å². The number of nitrogens with zero attached hydrogens (tertiary/aromatic N) is 2. The van der Waals surface area contributed by atoms with Gasteiger partial charge in [-0.05, 0) is 76.0 Å². The van der Waals surface area contributed by atoms with Gasteiger partial charge >= 0.3 is 0 Å². The van der Waals surface area contributed by atoms with E-state index in [-0.39, 0.29) is 5.41 Å². The van der Waals surface area contributed by atoms with Gasteiger partial charge in [0.2, 0.25) is 5.89 Å². The molecule has 6 heteroatoms. The van der Waals surface area contributed by atoms with Crippen LogP contribution in [0.15, 0.2) is 22.7 Å². The molecule has 1 aromatic carbocycles. The molecule has 1 aliphatic heterocycles. The summed E-state index contributed by atoms with van der Waals surface area (Å²) in [6.07, 6.45) is 7.14. The fourth-order valence-electron chi connectivity index (χ4n) is 5.66. The number of aliphatic hydroxyl groups excluding tert-OH is 1. The van der Waals surface area contributed by atoms with E-state index in [1.54, 1.807) is 0 Å².